The number of methoxy groups -OCH3 is 1. The van der Waals surface area contributed by atoms with E-state index in [9.17, 15) is 4.79 Å². The molecule has 0 N–H and O–H groups in total. The van der Waals surface area contributed by atoms with E-state index < -0.39 is 8.32 Å². The zero-order valence-corrected chi connectivity index (χ0v) is 24.1. The number of hydrogen-bond acceptors (Lipinski definition) is 3. The summed E-state index contributed by atoms with van der Waals surface area (Å²) >= 11 is 0. The summed E-state index contributed by atoms with van der Waals surface area (Å²) in [5.41, 5.74) is 0. The second kappa shape index (κ2) is 23.1. The Morgan fingerprint density at radius 2 is 1.06 bits per heavy atom. The molecule has 0 aromatic carbocycles. The van der Waals surface area contributed by atoms with Crippen molar-refractivity contribution in [3.8, 4) is 0 Å². The summed E-state index contributed by atoms with van der Waals surface area (Å²) in [6.07, 6.45) is 30.8. The molecule has 33 heavy (non-hydrogen) atoms. The molecule has 0 aliphatic rings. The Hall–Kier alpha value is -0.613. The molecule has 0 aliphatic carbocycles. The van der Waals surface area contributed by atoms with E-state index in [1.165, 1.54) is 116 Å². The fourth-order valence-corrected chi connectivity index (χ4v) is 5.31. The molecule has 0 saturated heterocycles. The van der Waals surface area contributed by atoms with Crippen LogP contribution in [0.3, 0.4) is 0 Å². The molecule has 0 aromatic rings. The average molecular weight is 483 g/mol. The van der Waals surface area contributed by atoms with Crippen LogP contribution in [0.5, 0.6) is 0 Å². The van der Waals surface area contributed by atoms with Gasteiger partial charge in [0.1, 0.15) is 6.10 Å². The zero-order chi connectivity index (χ0) is 24.6. The number of carbonyl (C=O) groups is 1. The van der Waals surface area contributed by atoms with Gasteiger partial charge in [0, 0.05) is 0 Å². The number of carbonyl (C=O) groups excluding carboxylic acids is 1. The quantitative estimate of drug-likeness (QED) is 0.0594. The van der Waals surface area contributed by atoms with Crippen LogP contribution in [0.15, 0.2) is 12.2 Å². The first-order valence-electron chi connectivity index (χ1n) is 14.3. The van der Waals surface area contributed by atoms with Gasteiger partial charge < -0.3 is 9.16 Å². The molecule has 0 heterocycles. The lowest BCUT2D eigenvalue weighted by atomic mass is 10.0. The van der Waals surface area contributed by atoms with Crippen molar-refractivity contribution in [3.63, 3.8) is 0 Å². The number of hydrogen-bond donors (Lipinski definition) is 0. The van der Waals surface area contributed by atoms with Crippen LogP contribution >= 0.6 is 0 Å². The summed E-state index contributed by atoms with van der Waals surface area (Å²) in [7, 11) is -0.275. The van der Waals surface area contributed by atoms with Crippen LogP contribution < -0.4 is 0 Å². The first kappa shape index (κ1) is 32.4. The van der Waals surface area contributed by atoms with Crippen molar-refractivity contribution in [1.29, 1.82) is 0 Å². The third kappa shape index (κ3) is 24.3. The first-order valence-corrected chi connectivity index (χ1v) is 17.7. The molecule has 0 aliphatic heterocycles. The van der Waals surface area contributed by atoms with Gasteiger partial charge in [-0.1, -0.05) is 115 Å². The maximum Gasteiger partial charge on any atom is 0.333 e. The Morgan fingerprint density at radius 1 is 0.667 bits per heavy atom. The van der Waals surface area contributed by atoms with Gasteiger partial charge in [-0.3, -0.25) is 0 Å². The van der Waals surface area contributed by atoms with E-state index >= 15 is 0 Å². The van der Waals surface area contributed by atoms with Gasteiger partial charge in [-0.15, -0.1) is 0 Å². The molecule has 1 atom stereocenters. The smallest absolute Gasteiger partial charge is 0.333 e. The molecule has 3 nitrogen and oxygen atoms in total. The molecule has 0 bridgehead atoms. The second-order valence-electron chi connectivity index (χ2n) is 10.7. The molecular formula is C29H58O3Si. The Kier molecular flexibility index (Phi) is 22.7. The van der Waals surface area contributed by atoms with Crippen LogP contribution in [0.25, 0.3) is 0 Å². The lowest BCUT2D eigenvalue weighted by Gasteiger charge is -2.24. The van der Waals surface area contributed by atoms with Crippen molar-refractivity contribution in [1.82, 2.24) is 0 Å². The monoisotopic (exact) mass is 482 g/mol. The molecule has 0 radical (unpaired) electrons. The summed E-state index contributed by atoms with van der Waals surface area (Å²) in [5, 5.41) is 0. The third-order valence-corrected chi connectivity index (χ3v) is 7.18. The Morgan fingerprint density at radius 3 is 1.45 bits per heavy atom. The Bertz CT molecular complexity index is 456. The molecule has 196 valence electrons. The average Bonchev–Trinajstić information content (AvgIpc) is 2.78. The number of esters is 1. The van der Waals surface area contributed by atoms with Gasteiger partial charge in [0.25, 0.3) is 0 Å². The van der Waals surface area contributed by atoms with Crippen molar-refractivity contribution in [2.24, 2.45) is 0 Å². The summed E-state index contributed by atoms with van der Waals surface area (Å²) in [6, 6.07) is 0. The van der Waals surface area contributed by atoms with E-state index in [1.54, 1.807) is 0 Å². The normalized spacial score (nSPS) is 13.0. The minimum absolute atomic E-state index is 0.214. The van der Waals surface area contributed by atoms with Crippen LogP contribution in [-0.2, 0) is 14.0 Å². The largest absolute Gasteiger partial charge is 0.467 e. The predicted molar refractivity (Wildman–Crippen MR) is 147 cm³/mol. The first-order chi connectivity index (χ1) is 15.9. The molecule has 0 aromatic heterocycles. The number of unbranched alkanes of at least 4 members (excludes halogenated alkanes) is 17. The van der Waals surface area contributed by atoms with E-state index in [4.69, 9.17) is 9.16 Å². The fourth-order valence-electron chi connectivity index (χ4n) is 4.24. The van der Waals surface area contributed by atoms with Crippen LogP contribution in [0, 0.1) is 0 Å². The van der Waals surface area contributed by atoms with E-state index in [-0.39, 0.29) is 12.1 Å². The topological polar surface area (TPSA) is 35.5 Å². The number of ether oxygens (including phenoxy) is 1. The number of rotatable bonds is 24. The van der Waals surface area contributed by atoms with Crippen LogP contribution in [0.4, 0.5) is 0 Å². The Balaban J connectivity index is 3.42. The Labute approximate surface area is 208 Å². The SMILES string of the molecule is CCCCCCCCCCCCCCC/C=C\CCCCCCC(O[Si](C)(C)C)C(=O)OC. The summed E-state index contributed by atoms with van der Waals surface area (Å²) in [6.45, 7) is 8.64. The van der Waals surface area contributed by atoms with Gasteiger partial charge in [0.2, 0.25) is 0 Å². The minimum atomic E-state index is -1.73. The minimum Gasteiger partial charge on any atom is -0.467 e. The highest BCUT2D eigenvalue weighted by Gasteiger charge is 2.26. The van der Waals surface area contributed by atoms with Crippen LogP contribution in [-0.4, -0.2) is 27.5 Å². The molecule has 0 spiro atoms. The maximum atomic E-state index is 11.9. The molecular weight excluding hydrogens is 424 g/mol. The lowest BCUT2D eigenvalue weighted by Crippen LogP contribution is -2.37. The van der Waals surface area contributed by atoms with E-state index in [0.717, 1.165) is 19.3 Å². The van der Waals surface area contributed by atoms with Crippen molar-refractivity contribution >= 4 is 14.3 Å². The van der Waals surface area contributed by atoms with Crippen LogP contribution in [0.2, 0.25) is 19.6 Å². The van der Waals surface area contributed by atoms with Gasteiger partial charge >= 0.3 is 5.97 Å². The highest BCUT2D eigenvalue weighted by Crippen LogP contribution is 2.16. The van der Waals surface area contributed by atoms with Crippen molar-refractivity contribution in [3.05, 3.63) is 12.2 Å². The van der Waals surface area contributed by atoms with Gasteiger partial charge in [-0.2, -0.15) is 0 Å². The summed E-state index contributed by atoms with van der Waals surface area (Å²) in [4.78, 5) is 11.9. The third-order valence-electron chi connectivity index (χ3n) is 6.19. The van der Waals surface area contributed by atoms with Crippen molar-refractivity contribution in [2.45, 2.75) is 161 Å². The summed E-state index contributed by atoms with van der Waals surface area (Å²) in [5.74, 6) is -0.214. The van der Waals surface area contributed by atoms with Crippen molar-refractivity contribution in [2.75, 3.05) is 7.11 Å². The molecule has 0 rings (SSSR count). The van der Waals surface area contributed by atoms with Gasteiger partial charge in [0.15, 0.2) is 8.32 Å². The van der Waals surface area contributed by atoms with E-state index in [1.807, 2.05) is 0 Å². The van der Waals surface area contributed by atoms with Gasteiger partial charge in [-0.25, -0.2) is 4.79 Å². The predicted octanol–water partition coefficient (Wildman–Crippen LogP) is 9.76. The molecule has 1 unspecified atom stereocenters. The van der Waals surface area contributed by atoms with Gasteiger partial charge in [-0.05, 0) is 51.7 Å². The summed E-state index contributed by atoms with van der Waals surface area (Å²) < 4.78 is 10.9. The zero-order valence-electron chi connectivity index (χ0n) is 23.1. The van der Waals surface area contributed by atoms with Crippen molar-refractivity contribution < 1.29 is 14.0 Å². The number of allylic oxidation sites excluding steroid dienone is 2. The van der Waals surface area contributed by atoms with Gasteiger partial charge in [0.05, 0.1) is 7.11 Å². The lowest BCUT2D eigenvalue weighted by molar-refractivity contribution is -0.149. The molecule has 0 amide bonds. The fraction of sp³-hybridized carbons (Fsp3) is 0.897. The van der Waals surface area contributed by atoms with Crippen LogP contribution in [0.1, 0.15) is 135 Å². The highest BCUT2D eigenvalue weighted by molar-refractivity contribution is 6.69. The molecule has 0 fully saturated rings. The van der Waals surface area contributed by atoms with E-state index in [0.29, 0.717) is 0 Å². The van der Waals surface area contributed by atoms with E-state index in [2.05, 4.69) is 38.7 Å². The molecule has 4 heteroatoms. The second-order valence-corrected chi connectivity index (χ2v) is 15.2. The maximum absolute atomic E-state index is 11.9. The standard InChI is InChI=1S/C29H58O3Si/c1-6-7-8-9-10-11-12-13-14-15-16-17-18-19-20-21-22-23-24-25-26-27-28(29(30)31-2)32-33(3,4)5/h20-21,28H,6-19,22-27H2,1-5H3/b21-20-. The molecule has 0 saturated carbocycles. The highest BCUT2D eigenvalue weighted by atomic mass is 28.4.